The summed E-state index contributed by atoms with van der Waals surface area (Å²) in [7, 11) is 0. The van der Waals surface area contributed by atoms with Crippen molar-refractivity contribution in [2.45, 2.75) is 19.4 Å². The lowest BCUT2D eigenvalue weighted by Crippen LogP contribution is -2.43. The maximum absolute atomic E-state index is 11.7. The standard InChI is InChI=1S/C14H19NO3/c1-11-3-2-4-12(9-11)5-6-15-14(16)13-10-17-7-8-18-13/h2-4,9,13H,5-8,10H2,1H3,(H,15,16)/t13-/m1/s1. The first-order valence-electron chi connectivity index (χ1n) is 6.28. The van der Waals surface area contributed by atoms with Crippen molar-refractivity contribution in [3.05, 3.63) is 35.4 Å². The first-order valence-corrected chi connectivity index (χ1v) is 6.28. The Balaban J connectivity index is 1.73. The molecular formula is C14H19NO3. The van der Waals surface area contributed by atoms with Gasteiger partial charge in [0.05, 0.1) is 19.8 Å². The van der Waals surface area contributed by atoms with Crippen molar-refractivity contribution in [2.75, 3.05) is 26.4 Å². The maximum atomic E-state index is 11.7. The van der Waals surface area contributed by atoms with Gasteiger partial charge in [-0.05, 0) is 18.9 Å². The number of carbonyl (C=O) groups excluding carboxylic acids is 1. The number of rotatable bonds is 4. The molecule has 4 nitrogen and oxygen atoms in total. The van der Waals surface area contributed by atoms with Gasteiger partial charge in [0, 0.05) is 6.54 Å². The highest BCUT2D eigenvalue weighted by molar-refractivity contribution is 5.80. The Morgan fingerprint density at radius 1 is 1.44 bits per heavy atom. The first-order chi connectivity index (χ1) is 8.75. The van der Waals surface area contributed by atoms with E-state index in [0.717, 1.165) is 6.42 Å². The summed E-state index contributed by atoms with van der Waals surface area (Å²) in [6, 6.07) is 8.30. The van der Waals surface area contributed by atoms with Crippen molar-refractivity contribution in [2.24, 2.45) is 0 Å². The second-order valence-corrected chi connectivity index (χ2v) is 4.46. The quantitative estimate of drug-likeness (QED) is 0.868. The third-order valence-corrected chi connectivity index (χ3v) is 2.90. The molecule has 0 spiro atoms. The van der Waals surface area contributed by atoms with Crippen LogP contribution in [0.5, 0.6) is 0 Å². The molecule has 2 rings (SSSR count). The summed E-state index contributed by atoms with van der Waals surface area (Å²) >= 11 is 0. The molecule has 98 valence electrons. The molecule has 0 bridgehead atoms. The van der Waals surface area contributed by atoms with Crippen molar-refractivity contribution in [1.29, 1.82) is 0 Å². The Hall–Kier alpha value is -1.39. The van der Waals surface area contributed by atoms with E-state index in [9.17, 15) is 4.79 Å². The molecule has 1 aliphatic heterocycles. The fourth-order valence-corrected chi connectivity index (χ4v) is 1.95. The number of aryl methyl sites for hydroxylation is 1. The minimum Gasteiger partial charge on any atom is -0.376 e. The highest BCUT2D eigenvalue weighted by Crippen LogP contribution is 2.04. The minimum absolute atomic E-state index is 0.0812. The Morgan fingerprint density at radius 2 is 2.33 bits per heavy atom. The third-order valence-electron chi connectivity index (χ3n) is 2.90. The van der Waals surface area contributed by atoms with E-state index in [1.54, 1.807) is 0 Å². The van der Waals surface area contributed by atoms with Gasteiger partial charge in [0.1, 0.15) is 0 Å². The van der Waals surface area contributed by atoms with Crippen LogP contribution < -0.4 is 5.32 Å². The highest BCUT2D eigenvalue weighted by atomic mass is 16.6. The monoisotopic (exact) mass is 249 g/mol. The molecular weight excluding hydrogens is 230 g/mol. The van der Waals surface area contributed by atoms with Gasteiger partial charge >= 0.3 is 0 Å². The Bertz CT molecular complexity index is 400. The van der Waals surface area contributed by atoms with E-state index in [2.05, 4.69) is 30.4 Å². The van der Waals surface area contributed by atoms with Crippen LogP contribution in [-0.2, 0) is 20.7 Å². The molecule has 1 aromatic rings. The molecule has 0 saturated carbocycles. The van der Waals surface area contributed by atoms with Gasteiger partial charge in [-0.3, -0.25) is 4.79 Å². The third kappa shape index (κ3) is 3.82. The lowest BCUT2D eigenvalue weighted by atomic mass is 10.1. The van der Waals surface area contributed by atoms with Crippen LogP contribution in [0.15, 0.2) is 24.3 Å². The predicted octanol–water partition coefficient (Wildman–Crippen LogP) is 1.07. The molecule has 1 saturated heterocycles. The number of benzene rings is 1. The SMILES string of the molecule is Cc1cccc(CCNC(=O)[C@H]2COCCO2)c1. The molecule has 1 amide bonds. The fraction of sp³-hybridized carbons (Fsp3) is 0.500. The lowest BCUT2D eigenvalue weighted by molar-refractivity contribution is -0.147. The van der Waals surface area contributed by atoms with E-state index in [4.69, 9.17) is 9.47 Å². The van der Waals surface area contributed by atoms with E-state index < -0.39 is 6.10 Å². The van der Waals surface area contributed by atoms with Crippen LogP contribution in [0.25, 0.3) is 0 Å². The molecule has 0 radical (unpaired) electrons. The number of ether oxygens (including phenoxy) is 2. The molecule has 1 aliphatic rings. The molecule has 1 N–H and O–H groups in total. The molecule has 1 fully saturated rings. The number of hydrogen-bond acceptors (Lipinski definition) is 3. The maximum Gasteiger partial charge on any atom is 0.251 e. The van der Waals surface area contributed by atoms with E-state index in [-0.39, 0.29) is 5.91 Å². The van der Waals surface area contributed by atoms with Gasteiger partial charge in [0.15, 0.2) is 6.10 Å². The van der Waals surface area contributed by atoms with Crippen LogP contribution in [0.3, 0.4) is 0 Å². The summed E-state index contributed by atoms with van der Waals surface area (Å²) < 4.78 is 10.5. The molecule has 1 atom stereocenters. The largest absolute Gasteiger partial charge is 0.376 e. The minimum atomic E-state index is -0.448. The summed E-state index contributed by atoms with van der Waals surface area (Å²) in [6.07, 6.45) is 0.386. The van der Waals surface area contributed by atoms with Gasteiger partial charge in [0.2, 0.25) is 0 Å². The highest BCUT2D eigenvalue weighted by Gasteiger charge is 2.21. The summed E-state index contributed by atoms with van der Waals surface area (Å²) in [6.45, 7) is 4.12. The summed E-state index contributed by atoms with van der Waals surface area (Å²) in [5.41, 5.74) is 2.47. The molecule has 18 heavy (non-hydrogen) atoms. The molecule has 0 aromatic heterocycles. The average molecular weight is 249 g/mol. The Kier molecular flexibility index (Phi) is 4.73. The molecule has 0 unspecified atom stereocenters. The summed E-state index contributed by atoms with van der Waals surface area (Å²) in [4.78, 5) is 11.7. The van der Waals surface area contributed by atoms with Gasteiger partial charge in [-0.2, -0.15) is 0 Å². The van der Waals surface area contributed by atoms with Gasteiger partial charge in [0.25, 0.3) is 5.91 Å². The van der Waals surface area contributed by atoms with Crippen LogP contribution in [0.1, 0.15) is 11.1 Å². The van der Waals surface area contributed by atoms with Crippen molar-refractivity contribution < 1.29 is 14.3 Å². The molecule has 4 heteroatoms. The number of carbonyl (C=O) groups is 1. The van der Waals surface area contributed by atoms with E-state index >= 15 is 0 Å². The second-order valence-electron chi connectivity index (χ2n) is 4.46. The normalized spacial score (nSPS) is 19.5. The van der Waals surface area contributed by atoms with Gasteiger partial charge < -0.3 is 14.8 Å². The van der Waals surface area contributed by atoms with E-state index in [1.165, 1.54) is 11.1 Å². The van der Waals surface area contributed by atoms with E-state index in [0.29, 0.717) is 26.4 Å². The van der Waals surface area contributed by atoms with Gasteiger partial charge in [-0.1, -0.05) is 29.8 Å². The lowest BCUT2D eigenvalue weighted by Gasteiger charge is -2.22. The first kappa shape index (κ1) is 13.1. The Morgan fingerprint density at radius 3 is 3.06 bits per heavy atom. The zero-order chi connectivity index (χ0) is 12.8. The Labute approximate surface area is 107 Å². The van der Waals surface area contributed by atoms with Gasteiger partial charge in [-0.25, -0.2) is 0 Å². The summed E-state index contributed by atoms with van der Waals surface area (Å²) in [5.74, 6) is -0.0812. The fourth-order valence-electron chi connectivity index (χ4n) is 1.95. The predicted molar refractivity (Wildman–Crippen MR) is 68.5 cm³/mol. The van der Waals surface area contributed by atoms with Crippen molar-refractivity contribution in [1.82, 2.24) is 5.32 Å². The van der Waals surface area contributed by atoms with Crippen molar-refractivity contribution >= 4 is 5.91 Å². The number of amides is 1. The number of hydrogen-bond donors (Lipinski definition) is 1. The summed E-state index contributed by atoms with van der Waals surface area (Å²) in [5, 5.41) is 2.88. The van der Waals surface area contributed by atoms with Crippen molar-refractivity contribution in [3.63, 3.8) is 0 Å². The smallest absolute Gasteiger partial charge is 0.251 e. The molecule has 1 aromatic carbocycles. The van der Waals surface area contributed by atoms with E-state index in [1.807, 2.05) is 6.07 Å². The van der Waals surface area contributed by atoms with Crippen LogP contribution in [0.4, 0.5) is 0 Å². The topological polar surface area (TPSA) is 47.6 Å². The van der Waals surface area contributed by atoms with Crippen LogP contribution >= 0.6 is 0 Å². The zero-order valence-electron chi connectivity index (χ0n) is 10.6. The van der Waals surface area contributed by atoms with Crippen LogP contribution in [0, 0.1) is 6.92 Å². The number of nitrogens with one attached hydrogen (secondary N) is 1. The van der Waals surface area contributed by atoms with Crippen LogP contribution in [-0.4, -0.2) is 38.4 Å². The van der Waals surface area contributed by atoms with Crippen molar-refractivity contribution in [3.8, 4) is 0 Å². The van der Waals surface area contributed by atoms with Gasteiger partial charge in [-0.15, -0.1) is 0 Å². The average Bonchev–Trinajstić information content (AvgIpc) is 2.40. The second kappa shape index (κ2) is 6.52. The molecule has 0 aliphatic carbocycles. The molecule has 1 heterocycles. The zero-order valence-corrected chi connectivity index (χ0v) is 10.6. The van der Waals surface area contributed by atoms with Crippen LogP contribution in [0.2, 0.25) is 0 Å².